The number of rotatable bonds is 5. The molecule has 4 nitrogen and oxygen atoms in total. The molecule has 0 amide bonds. The van der Waals surface area contributed by atoms with Crippen LogP contribution in [0.25, 0.3) is 22.7 Å². The Balaban J connectivity index is 1.55. The molecule has 0 radical (unpaired) electrons. The lowest BCUT2D eigenvalue weighted by Gasteiger charge is -2.08. The van der Waals surface area contributed by atoms with Crippen molar-refractivity contribution in [3.8, 4) is 28.5 Å². The molecular formula is C23H15Cl2NO3. The molecule has 0 saturated heterocycles. The van der Waals surface area contributed by atoms with Gasteiger partial charge in [0.1, 0.15) is 12.4 Å². The van der Waals surface area contributed by atoms with Crippen molar-refractivity contribution in [3.05, 3.63) is 105 Å². The molecule has 0 aliphatic heterocycles. The number of benzene rings is 3. The highest BCUT2D eigenvalue weighted by Crippen LogP contribution is 2.27. The monoisotopic (exact) mass is 423 g/mol. The van der Waals surface area contributed by atoms with Crippen LogP contribution in [-0.4, -0.2) is 4.98 Å². The van der Waals surface area contributed by atoms with Gasteiger partial charge < -0.3 is 9.15 Å². The molecule has 0 aliphatic carbocycles. The van der Waals surface area contributed by atoms with E-state index in [4.69, 9.17) is 32.4 Å². The van der Waals surface area contributed by atoms with Crippen LogP contribution in [0.4, 0.5) is 0 Å². The maximum Gasteiger partial charge on any atom is 0.339 e. The molecule has 4 rings (SSSR count). The molecule has 0 bridgehead atoms. The number of halogens is 2. The fourth-order valence-electron chi connectivity index (χ4n) is 2.77. The number of ether oxygens (including phenoxy) is 1. The molecule has 29 heavy (non-hydrogen) atoms. The van der Waals surface area contributed by atoms with Crippen molar-refractivity contribution in [1.29, 1.82) is 0 Å². The molecule has 0 aliphatic rings. The Labute approximate surface area is 177 Å². The van der Waals surface area contributed by atoms with E-state index >= 15 is 0 Å². The normalized spacial score (nSPS) is 10.7. The molecule has 0 saturated carbocycles. The van der Waals surface area contributed by atoms with Gasteiger partial charge in [0, 0.05) is 10.6 Å². The van der Waals surface area contributed by atoms with Crippen LogP contribution in [-0.2, 0) is 6.61 Å². The maximum absolute atomic E-state index is 12.0. The van der Waals surface area contributed by atoms with Gasteiger partial charge in [0.15, 0.2) is 0 Å². The quantitative estimate of drug-likeness (QED) is 0.380. The van der Waals surface area contributed by atoms with Crippen molar-refractivity contribution >= 4 is 23.2 Å². The highest BCUT2D eigenvalue weighted by Gasteiger charge is 2.11. The van der Waals surface area contributed by atoms with Crippen LogP contribution < -0.4 is 10.4 Å². The summed E-state index contributed by atoms with van der Waals surface area (Å²) in [6, 6.07) is 23.3. The first kappa shape index (κ1) is 19.2. The lowest BCUT2D eigenvalue weighted by atomic mass is 10.1. The molecule has 0 atom stereocenters. The molecule has 0 spiro atoms. The largest absolute Gasteiger partial charge is 0.489 e. The summed E-state index contributed by atoms with van der Waals surface area (Å²) in [5.41, 5.74) is 2.36. The van der Waals surface area contributed by atoms with Crippen LogP contribution in [0.2, 0.25) is 10.0 Å². The van der Waals surface area contributed by atoms with Gasteiger partial charge in [-0.2, -0.15) is 0 Å². The molecule has 0 unspecified atom stereocenters. The highest BCUT2D eigenvalue weighted by molar-refractivity contribution is 6.33. The molecular weight excluding hydrogens is 409 g/mol. The highest BCUT2D eigenvalue weighted by atomic mass is 35.5. The van der Waals surface area contributed by atoms with E-state index in [1.165, 1.54) is 6.07 Å². The van der Waals surface area contributed by atoms with Crippen molar-refractivity contribution in [2.75, 3.05) is 0 Å². The maximum atomic E-state index is 12.0. The van der Waals surface area contributed by atoms with E-state index in [-0.39, 0.29) is 5.89 Å². The predicted molar refractivity (Wildman–Crippen MR) is 114 cm³/mol. The smallest absolute Gasteiger partial charge is 0.339 e. The van der Waals surface area contributed by atoms with Crippen molar-refractivity contribution in [3.63, 3.8) is 0 Å². The van der Waals surface area contributed by atoms with Gasteiger partial charge in [0.2, 0.25) is 5.89 Å². The second-order valence-corrected chi connectivity index (χ2v) is 7.13. The molecule has 4 aromatic rings. The topological polar surface area (TPSA) is 52.3 Å². The second-order valence-electron chi connectivity index (χ2n) is 6.29. The summed E-state index contributed by atoms with van der Waals surface area (Å²) < 4.78 is 11.0. The molecule has 1 aromatic heterocycles. The third kappa shape index (κ3) is 4.67. The van der Waals surface area contributed by atoms with Crippen molar-refractivity contribution < 1.29 is 9.15 Å². The Kier molecular flexibility index (Phi) is 5.65. The summed E-state index contributed by atoms with van der Waals surface area (Å²) in [6.07, 6.45) is 0. The van der Waals surface area contributed by atoms with Gasteiger partial charge in [-0.15, -0.1) is 0 Å². The zero-order chi connectivity index (χ0) is 20.2. The second kappa shape index (κ2) is 8.52. The first-order valence-electron chi connectivity index (χ1n) is 8.83. The van der Waals surface area contributed by atoms with E-state index in [9.17, 15) is 4.79 Å². The zero-order valence-corrected chi connectivity index (χ0v) is 16.7. The average molecular weight is 424 g/mol. The minimum atomic E-state index is -0.493. The van der Waals surface area contributed by atoms with Gasteiger partial charge in [-0.05, 0) is 54.1 Å². The van der Waals surface area contributed by atoms with Crippen LogP contribution in [0, 0.1) is 0 Å². The van der Waals surface area contributed by atoms with Crippen LogP contribution >= 0.6 is 23.2 Å². The first-order valence-corrected chi connectivity index (χ1v) is 9.59. The Morgan fingerprint density at radius 3 is 2.34 bits per heavy atom. The third-order valence-corrected chi connectivity index (χ3v) is 4.83. The summed E-state index contributed by atoms with van der Waals surface area (Å²) >= 11 is 12.1. The molecule has 0 N–H and O–H groups in total. The fourth-order valence-corrected chi connectivity index (χ4v) is 3.11. The Hall–Kier alpha value is -3.08. The lowest BCUT2D eigenvalue weighted by Crippen LogP contribution is -2.02. The van der Waals surface area contributed by atoms with E-state index in [1.807, 2.05) is 54.6 Å². The molecule has 3 aromatic carbocycles. The molecule has 144 valence electrons. The van der Waals surface area contributed by atoms with E-state index in [1.54, 1.807) is 18.2 Å². The van der Waals surface area contributed by atoms with Crippen LogP contribution in [0.3, 0.4) is 0 Å². The van der Waals surface area contributed by atoms with E-state index in [2.05, 4.69) is 4.98 Å². The number of hydrogen-bond donors (Lipinski definition) is 0. The SMILES string of the molecule is O=c1cc(-c2ccc(OCc3ccc(Cl)cc3)cc2)nc(-c2ccccc2Cl)o1. The van der Waals surface area contributed by atoms with Crippen LogP contribution in [0.15, 0.2) is 88.1 Å². The molecule has 0 fully saturated rings. The molecule has 6 heteroatoms. The fraction of sp³-hybridized carbons (Fsp3) is 0.0435. The number of hydrogen-bond acceptors (Lipinski definition) is 4. The Morgan fingerprint density at radius 2 is 1.62 bits per heavy atom. The predicted octanol–water partition coefficient (Wildman–Crippen LogP) is 6.25. The van der Waals surface area contributed by atoms with Gasteiger partial charge in [-0.1, -0.05) is 47.5 Å². The summed E-state index contributed by atoms with van der Waals surface area (Å²) in [7, 11) is 0. The van der Waals surface area contributed by atoms with Crippen molar-refractivity contribution in [2.45, 2.75) is 6.61 Å². The van der Waals surface area contributed by atoms with Crippen molar-refractivity contribution in [1.82, 2.24) is 4.98 Å². The lowest BCUT2D eigenvalue weighted by molar-refractivity contribution is 0.306. The first-order chi connectivity index (χ1) is 14.1. The average Bonchev–Trinajstić information content (AvgIpc) is 2.73. The summed E-state index contributed by atoms with van der Waals surface area (Å²) in [6.45, 7) is 0.431. The molecule has 1 heterocycles. The van der Waals surface area contributed by atoms with Gasteiger partial charge in [0.25, 0.3) is 0 Å². The number of aromatic nitrogens is 1. The van der Waals surface area contributed by atoms with E-state index in [0.717, 1.165) is 11.1 Å². The zero-order valence-electron chi connectivity index (χ0n) is 15.1. The van der Waals surface area contributed by atoms with Gasteiger partial charge in [-0.3, -0.25) is 0 Å². The van der Waals surface area contributed by atoms with Gasteiger partial charge >= 0.3 is 5.63 Å². The van der Waals surface area contributed by atoms with E-state index < -0.39 is 5.63 Å². The summed E-state index contributed by atoms with van der Waals surface area (Å²) in [5, 5.41) is 1.15. The minimum Gasteiger partial charge on any atom is -0.489 e. The minimum absolute atomic E-state index is 0.182. The summed E-state index contributed by atoms with van der Waals surface area (Å²) in [5.74, 6) is 0.888. The summed E-state index contributed by atoms with van der Waals surface area (Å²) in [4.78, 5) is 16.5. The Bertz CT molecular complexity index is 1190. The van der Waals surface area contributed by atoms with Crippen LogP contribution in [0.5, 0.6) is 5.75 Å². The number of nitrogens with zero attached hydrogens (tertiary/aromatic N) is 1. The Morgan fingerprint density at radius 1 is 0.897 bits per heavy atom. The van der Waals surface area contributed by atoms with Gasteiger partial charge in [0.05, 0.1) is 22.3 Å². The van der Waals surface area contributed by atoms with Gasteiger partial charge in [-0.25, -0.2) is 9.78 Å². The standard InChI is InChI=1S/C23H15Cl2NO3/c24-17-9-5-15(6-10-17)14-28-18-11-7-16(8-12-18)21-13-22(27)29-23(26-21)19-3-1-2-4-20(19)25/h1-13H,14H2. The van der Waals surface area contributed by atoms with Crippen LogP contribution in [0.1, 0.15) is 5.56 Å². The van der Waals surface area contributed by atoms with Crippen molar-refractivity contribution in [2.24, 2.45) is 0 Å². The third-order valence-electron chi connectivity index (χ3n) is 4.25. The van der Waals surface area contributed by atoms with E-state index in [0.29, 0.717) is 33.7 Å².